The van der Waals surface area contributed by atoms with Gasteiger partial charge >= 0.3 is 0 Å². The third kappa shape index (κ3) is 7.29. The van der Waals surface area contributed by atoms with Gasteiger partial charge in [-0.2, -0.15) is 5.26 Å². The number of rotatable bonds is 5. The maximum absolute atomic E-state index is 8.17. The molecule has 0 saturated carbocycles. The van der Waals surface area contributed by atoms with Crippen molar-refractivity contribution in [3.05, 3.63) is 0 Å². The highest BCUT2D eigenvalue weighted by Gasteiger charge is 1.85. The van der Waals surface area contributed by atoms with Crippen LogP contribution in [-0.2, 0) is 0 Å². The van der Waals surface area contributed by atoms with E-state index in [9.17, 15) is 0 Å². The molecule has 0 aliphatic carbocycles. The van der Waals surface area contributed by atoms with Gasteiger partial charge in [0.1, 0.15) is 0 Å². The standard InChI is InChI=1S/C7H10N2S/c8-5-3-1-2-4-6-9-7-10/h1-4,6H2. The summed E-state index contributed by atoms with van der Waals surface area (Å²) >= 11 is 4.38. The predicted molar refractivity (Wildman–Crippen MR) is 44.0 cm³/mol. The van der Waals surface area contributed by atoms with Gasteiger partial charge in [-0.05, 0) is 25.1 Å². The largest absolute Gasteiger partial charge is 0.233 e. The Morgan fingerprint density at radius 2 is 2.10 bits per heavy atom. The summed E-state index contributed by atoms with van der Waals surface area (Å²) in [6, 6.07) is 2.09. The second kappa shape index (κ2) is 8.29. The molecule has 0 amide bonds. The molecule has 10 heavy (non-hydrogen) atoms. The first-order valence-corrected chi connectivity index (χ1v) is 3.73. The highest BCUT2D eigenvalue weighted by Crippen LogP contribution is 1.97. The Hall–Kier alpha value is -0.710. The van der Waals surface area contributed by atoms with E-state index in [-0.39, 0.29) is 0 Å². The van der Waals surface area contributed by atoms with Crippen molar-refractivity contribution in [3.63, 3.8) is 0 Å². The molecular formula is C7H10N2S. The second-order valence-electron chi connectivity index (χ2n) is 1.94. The highest BCUT2D eigenvalue weighted by atomic mass is 32.1. The Bertz CT molecular complexity index is 153. The van der Waals surface area contributed by atoms with E-state index in [0.29, 0.717) is 6.42 Å². The Morgan fingerprint density at radius 1 is 1.30 bits per heavy atom. The minimum absolute atomic E-state index is 0.654. The summed E-state index contributed by atoms with van der Waals surface area (Å²) < 4.78 is 0. The number of hydrogen-bond donors (Lipinski definition) is 0. The lowest BCUT2D eigenvalue weighted by molar-refractivity contribution is 0.701. The van der Waals surface area contributed by atoms with Gasteiger partial charge in [-0.15, -0.1) is 0 Å². The third-order valence-electron chi connectivity index (χ3n) is 1.12. The molecule has 0 bridgehead atoms. The van der Waals surface area contributed by atoms with Gasteiger partial charge in [0, 0.05) is 13.0 Å². The van der Waals surface area contributed by atoms with Gasteiger partial charge in [0.2, 0.25) is 0 Å². The van der Waals surface area contributed by atoms with Gasteiger partial charge in [0.05, 0.1) is 11.2 Å². The zero-order valence-electron chi connectivity index (χ0n) is 5.84. The molecule has 0 atom stereocenters. The van der Waals surface area contributed by atoms with E-state index in [1.165, 1.54) is 0 Å². The minimum Gasteiger partial charge on any atom is -0.233 e. The Morgan fingerprint density at radius 3 is 2.70 bits per heavy atom. The lowest BCUT2D eigenvalue weighted by Gasteiger charge is -1.90. The summed E-state index contributed by atoms with van der Waals surface area (Å²) in [5, 5.41) is 10.5. The molecule has 54 valence electrons. The zero-order valence-corrected chi connectivity index (χ0v) is 6.65. The smallest absolute Gasteiger partial charge is 0.0621 e. The van der Waals surface area contributed by atoms with Crippen molar-refractivity contribution in [1.29, 1.82) is 5.26 Å². The van der Waals surface area contributed by atoms with Crippen molar-refractivity contribution in [2.24, 2.45) is 4.99 Å². The van der Waals surface area contributed by atoms with E-state index in [4.69, 9.17) is 5.26 Å². The fourth-order valence-electron chi connectivity index (χ4n) is 0.617. The van der Waals surface area contributed by atoms with Crippen LogP contribution >= 0.6 is 12.2 Å². The monoisotopic (exact) mass is 154 g/mol. The van der Waals surface area contributed by atoms with Crippen molar-refractivity contribution >= 4 is 17.4 Å². The molecule has 0 radical (unpaired) electrons. The van der Waals surface area contributed by atoms with Crippen LogP contribution in [0, 0.1) is 11.3 Å². The molecule has 0 heterocycles. The van der Waals surface area contributed by atoms with Crippen LogP contribution in [0.2, 0.25) is 0 Å². The topological polar surface area (TPSA) is 36.1 Å². The predicted octanol–water partition coefficient (Wildman–Crippen LogP) is 2.17. The molecule has 0 saturated heterocycles. The molecule has 0 aromatic heterocycles. The van der Waals surface area contributed by atoms with Gasteiger partial charge in [-0.25, -0.2) is 4.99 Å². The van der Waals surface area contributed by atoms with Crippen LogP contribution in [0.5, 0.6) is 0 Å². The number of isothiocyanates is 1. The van der Waals surface area contributed by atoms with Crippen LogP contribution in [0.25, 0.3) is 0 Å². The van der Waals surface area contributed by atoms with Crippen LogP contribution in [0.1, 0.15) is 25.7 Å². The van der Waals surface area contributed by atoms with Crippen LogP contribution in [0.15, 0.2) is 4.99 Å². The molecule has 2 nitrogen and oxygen atoms in total. The molecule has 0 spiro atoms. The first-order valence-electron chi connectivity index (χ1n) is 3.32. The molecule has 0 aliphatic heterocycles. The molecule has 0 N–H and O–H groups in total. The van der Waals surface area contributed by atoms with Crippen LogP contribution in [-0.4, -0.2) is 11.7 Å². The van der Waals surface area contributed by atoms with Gasteiger partial charge in [-0.3, -0.25) is 0 Å². The third-order valence-corrected chi connectivity index (χ3v) is 1.25. The molecule has 3 heteroatoms. The highest BCUT2D eigenvalue weighted by molar-refractivity contribution is 7.78. The number of nitrogens with zero attached hydrogens (tertiary/aromatic N) is 2. The Kier molecular flexibility index (Phi) is 7.70. The van der Waals surface area contributed by atoms with E-state index in [0.717, 1.165) is 25.8 Å². The van der Waals surface area contributed by atoms with E-state index in [1.54, 1.807) is 0 Å². The van der Waals surface area contributed by atoms with Gasteiger partial charge in [0.25, 0.3) is 0 Å². The van der Waals surface area contributed by atoms with Gasteiger partial charge in [0.15, 0.2) is 0 Å². The van der Waals surface area contributed by atoms with E-state index >= 15 is 0 Å². The molecular weight excluding hydrogens is 144 g/mol. The average Bonchev–Trinajstić information content (AvgIpc) is 1.97. The van der Waals surface area contributed by atoms with Gasteiger partial charge < -0.3 is 0 Å². The van der Waals surface area contributed by atoms with Crippen molar-refractivity contribution in [2.75, 3.05) is 6.54 Å². The van der Waals surface area contributed by atoms with Crippen molar-refractivity contribution in [2.45, 2.75) is 25.7 Å². The molecule has 0 fully saturated rings. The summed E-state index contributed by atoms with van der Waals surface area (Å²) in [5.74, 6) is 0. The lowest BCUT2D eigenvalue weighted by Crippen LogP contribution is -1.80. The fourth-order valence-corrected chi connectivity index (χ4v) is 0.709. The number of unbranched alkanes of at least 4 members (excludes halogenated alkanes) is 3. The fraction of sp³-hybridized carbons (Fsp3) is 0.714. The molecule has 0 unspecified atom stereocenters. The van der Waals surface area contributed by atoms with Crippen molar-refractivity contribution in [3.8, 4) is 6.07 Å². The first kappa shape index (κ1) is 9.29. The zero-order chi connectivity index (χ0) is 7.66. The van der Waals surface area contributed by atoms with E-state index < -0.39 is 0 Å². The summed E-state index contributed by atoms with van der Waals surface area (Å²) in [5.41, 5.74) is 0. The number of thiocarbonyl (C=S) groups is 1. The van der Waals surface area contributed by atoms with E-state index in [1.807, 2.05) is 0 Å². The quantitative estimate of drug-likeness (QED) is 0.345. The first-order chi connectivity index (χ1) is 4.91. The Balaban J connectivity index is 2.92. The van der Waals surface area contributed by atoms with Crippen LogP contribution < -0.4 is 0 Å². The Labute approximate surface area is 66.6 Å². The maximum atomic E-state index is 8.17. The van der Waals surface area contributed by atoms with Crippen LogP contribution in [0.3, 0.4) is 0 Å². The minimum atomic E-state index is 0.654. The van der Waals surface area contributed by atoms with Crippen molar-refractivity contribution in [1.82, 2.24) is 0 Å². The second-order valence-corrected chi connectivity index (χ2v) is 2.12. The molecule has 0 rings (SSSR count). The van der Waals surface area contributed by atoms with E-state index in [2.05, 4.69) is 28.4 Å². The SMILES string of the molecule is N#CCCCCCN=C=S. The molecule has 0 aromatic carbocycles. The number of hydrogen-bond acceptors (Lipinski definition) is 3. The lowest BCUT2D eigenvalue weighted by atomic mass is 10.2. The number of aliphatic imine (C=N–C) groups is 1. The van der Waals surface area contributed by atoms with Gasteiger partial charge in [-0.1, -0.05) is 6.42 Å². The molecule has 0 aromatic rings. The van der Waals surface area contributed by atoms with Crippen molar-refractivity contribution < 1.29 is 0 Å². The average molecular weight is 154 g/mol. The van der Waals surface area contributed by atoms with Crippen LogP contribution in [0.4, 0.5) is 0 Å². The molecule has 0 aliphatic rings. The number of nitriles is 1. The summed E-state index contributed by atoms with van der Waals surface area (Å²) in [6.45, 7) is 0.759. The summed E-state index contributed by atoms with van der Waals surface area (Å²) in [6.07, 6.45) is 3.71. The normalized spacial score (nSPS) is 7.90. The maximum Gasteiger partial charge on any atom is 0.0621 e. The summed E-state index contributed by atoms with van der Waals surface area (Å²) in [7, 11) is 0. The summed E-state index contributed by atoms with van der Waals surface area (Å²) in [4.78, 5) is 3.75.